The molecule has 1 amide bonds. The minimum absolute atomic E-state index is 0.0125. The number of nitrogens with one attached hydrogen (secondary N) is 2. The van der Waals surface area contributed by atoms with Crippen LogP contribution >= 0.6 is 11.3 Å². The molecule has 2 heterocycles. The first-order valence-corrected chi connectivity index (χ1v) is 10.8. The van der Waals surface area contributed by atoms with E-state index in [-0.39, 0.29) is 23.8 Å². The number of sulfonamides is 1. The summed E-state index contributed by atoms with van der Waals surface area (Å²) in [5, 5.41) is 11.6. The molecule has 0 bridgehead atoms. The third kappa shape index (κ3) is 4.83. The van der Waals surface area contributed by atoms with Crippen molar-refractivity contribution in [3.05, 3.63) is 53.7 Å². The Balaban J connectivity index is 1.49. The molecular formula is C18H19FN4O3S2. The number of carbonyl (C=O) groups is 1. The number of aromatic nitrogens is 2. The second kappa shape index (κ2) is 8.63. The Morgan fingerprint density at radius 2 is 2.04 bits per heavy atom. The van der Waals surface area contributed by atoms with Crippen LogP contribution in [0.4, 0.5) is 10.2 Å². The van der Waals surface area contributed by atoms with E-state index in [1.165, 1.54) is 19.2 Å². The smallest absolute Gasteiger partial charge is 0.242 e. The number of halogens is 1. The minimum Gasteiger partial charge on any atom is -0.309 e. The number of thiophene rings is 1. The van der Waals surface area contributed by atoms with Crippen LogP contribution in [-0.2, 0) is 14.8 Å². The number of hydrogen-bond donors (Lipinski definition) is 2. The van der Waals surface area contributed by atoms with E-state index >= 15 is 0 Å². The van der Waals surface area contributed by atoms with Crippen molar-refractivity contribution in [2.75, 3.05) is 18.9 Å². The Bertz CT molecular complexity index is 1030. The zero-order valence-electron chi connectivity index (χ0n) is 15.1. The summed E-state index contributed by atoms with van der Waals surface area (Å²) in [6.45, 7) is 0.161. The average molecular weight is 423 g/mol. The predicted octanol–water partition coefficient (Wildman–Crippen LogP) is 3.32. The number of hydrogen-bond acceptors (Lipinski definition) is 5. The molecule has 1 aromatic carbocycles. The molecule has 0 radical (unpaired) electrons. The van der Waals surface area contributed by atoms with E-state index in [1.807, 2.05) is 17.5 Å². The molecule has 7 nitrogen and oxygen atoms in total. The fraction of sp³-hybridized carbons (Fsp3) is 0.222. The zero-order valence-corrected chi connectivity index (χ0v) is 16.7. The molecule has 28 heavy (non-hydrogen) atoms. The van der Waals surface area contributed by atoms with Gasteiger partial charge in [0.05, 0.1) is 15.5 Å². The normalized spacial score (nSPS) is 11.7. The standard InChI is InChI=1S/C18H19FN4O3S2/c1-23(28(25,26)14-8-6-13(19)7-9-14)10-2-5-18(24)20-17-12-15(21-22-17)16-4-3-11-27-16/h3-4,6-9,11-12H,2,5,10H2,1H3,(H2,20,21,22,24). The molecule has 2 aromatic heterocycles. The van der Waals surface area contributed by atoms with Crippen molar-refractivity contribution in [2.24, 2.45) is 0 Å². The van der Waals surface area contributed by atoms with Gasteiger partial charge in [0.25, 0.3) is 0 Å². The van der Waals surface area contributed by atoms with Gasteiger partial charge in [-0.1, -0.05) is 6.07 Å². The van der Waals surface area contributed by atoms with Crippen LogP contribution in [0.15, 0.2) is 52.7 Å². The van der Waals surface area contributed by atoms with Gasteiger partial charge >= 0.3 is 0 Å². The van der Waals surface area contributed by atoms with Crippen LogP contribution in [0, 0.1) is 5.82 Å². The molecule has 3 rings (SSSR count). The summed E-state index contributed by atoms with van der Waals surface area (Å²) in [7, 11) is -2.29. The van der Waals surface area contributed by atoms with Gasteiger partial charge in [0, 0.05) is 26.1 Å². The maximum absolute atomic E-state index is 13.0. The van der Waals surface area contributed by atoms with E-state index in [9.17, 15) is 17.6 Å². The van der Waals surface area contributed by atoms with Crippen LogP contribution in [0.5, 0.6) is 0 Å². The van der Waals surface area contributed by atoms with Gasteiger partial charge in [-0.25, -0.2) is 17.1 Å². The summed E-state index contributed by atoms with van der Waals surface area (Å²) in [6.07, 6.45) is 0.482. The van der Waals surface area contributed by atoms with Crippen molar-refractivity contribution < 1.29 is 17.6 Å². The van der Waals surface area contributed by atoms with Crippen LogP contribution in [0.2, 0.25) is 0 Å². The Morgan fingerprint density at radius 3 is 2.71 bits per heavy atom. The van der Waals surface area contributed by atoms with Crippen molar-refractivity contribution >= 4 is 33.1 Å². The SMILES string of the molecule is CN(CCCC(=O)Nc1cc(-c2cccs2)[nH]n1)S(=O)(=O)c1ccc(F)cc1. The van der Waals surface area contributed by atoms with E-state index in [2.05, 4.69) is 15.5 Å². The topological polar surface area (TPSA) is 95.2 Å². The Kier molecular flexibility index (Phi) is 6.22. The van der Waals surface area contributed by atoms with Crippen molar-refractivity contribution in [2.45, 2.75) is 17.7 Å². The molecular weight excluding hydrogens is 403 g/mol. The second-order valence-corrected chi connectivity index (χ2v) is 9.07. The number of rotatable bonds is 8. The summed E-state index contributed by atoms with van der Waals surface area (Å²) >= 11 is 1.56. The Hall–Kier alpha value is -2.56. The Morgan fingerprint density at radius 1 is 1.29 bits per heavy atom. The molecule has 0 unspecified atom stereocenters. The second-order valence-electron chi connectivity index (χ2n) is 6.08. The lowest BCUT2D eigenvalue weighted by molar-refractivity contribution is -0.116. The maximum atomic E-state index is 13.0. The van der Waals surface area contributed by atoms with E-state index in [1.54, 1.807) is 17.4 Å². The van der Waals surface area contributed by atoms with Crippen LogP contribution in [-0.4, -0.2) is 42.4 Å². The first kappa shape index (κ1) is 20.2. The van der Waals surface area contributed by atoms with Crippen LogP contribution in [0.3, 0.4) is 0 Å². The van der Waals surface area contributed by atoms with Crippen LogP contribution in [0.25, 0.3) is 10.6 Å². The third-order valence-electron chi connectivity index (χ3n) is 4.03. The molecule has 0 aliphatic heterocycles. The summed E-state index contributed by atoms with van der Waals surface area (Å²) in [5.74, 6) is -0.337. The van der Waals surface area contributed by atoms with Gasteiger partial charge in [-0.3, -0.25) is 9.89 Å². The first-order chi connectivity index (χ1) is 13.4. The van der Waals surface area contributed by atoms with Crippen molar-refractivity contribution in [1.29, 1.82) is 0 Å². The van der Waals surface area contributed by atoms with Gasteiger partial charge in [-0.15, -0.1) is 11.3 Å². The highest BCUT2D eigenvalue weighted by Crippen LogP contribution is 2.24. The summed E-state index contributed by atoms with van der Waals surface area (Å²) in [5.41, 5.74) is 0.815. The van der Waals surface area contributed by atoms with E-state index < -0.39 is 15.8 Å². The molecule has 0 aliphatic carbocycles. The molecule has 0 aliphatic rings. The van der Waals surface area contributed by atoms with Crippen LogP contribution < -0.4 is 5.32 Å². The van der Waals surface area contributed by atoms with Crippen molar-refractivity contribution in [3.8, 4) is 10.6 Å². The highest BCUT2D eigenvalue weighted by Gasteiger charge is 2.20. The number of H-pyrrole nitrogens is 1. The lowest BCUT2D eigenvalue weighted by Gasteiger charge is -2.17. The molecule has 0 saturated heterocycles. The van der Waals surface area contributed by atoms with Gasteiger partial charge in [0.15, 0.2) is 5.82 Å². The maximum Gasteiger partial charge on any atom is 0.242 e. The third-order valence-corrected chi connectivity index (χ3v) is 6.80. The van der Waals surface area contributed by atoms with E-state index in [0.29, 0.717) is 12.2 Å². The largest absolute Gasteiger partial charge is 0.309 e. The van der Waals surface area contributed by atoms with E-state index in [0.717, 1.165) is 27.0 Å². The van der Waals surface area contributed by atoms with Gasteiger partial charge in [-0.05, 0) is 42.1 Å². The van der Waals surface area contributed by atoms with Crippen molar-refractivity contribution in [1.82, 2.24) is 14.5 Å². The molecule has 10 heteroatoms. The van der Waals surface area contributed by atoms with Crippen molar-refractivity contribution in [3.63, 3.8) is 0 Å². The summed E-state index contributed by atoms with van der Waals surface area (Å²) in [6, 6.07) is 10.3. The quantitative estimate of drug-likeness (QED) is 0.582. The van der Waals surface area contributed by atoms with Gasteiger partial charge in [-0.2, -0.15) is 5.10 Å². The zero-order chi connectivity index (χ0) is 20.1. The highest BCUT2D eigenvalue weighted by atomic mass is 32.2. The molecule has 0 spiro atoms. The van der Waals surface area contributed by atoms with E-state index in [4.69, 9.17) is 0 Å². The average Bonchev–Trinajstić information content (AvgIpc) is 3.33. The number of nitrogens with zero attached hydrogens (tertiary/aromatic N) is 2. The monoisotopic (exact) mass is 422 g/mol. The number of aromatic amines is 1. The van der Waals surface area contributed by atoms with Crippen LogP contribution in [0.1, 0.15) is 12.8 Å². The molecule has 2 N–H and O–H groups in total. The molecule has 0 atom stereocenters. The van der Waals surface area contributed by atoms with Gasteiger partial charge in [0.2, 0.25) is 15.9 Å². The molecule has 0 fully saturated rings. The lowest BCUT2D eigenvalue weighted by Crippen LogP contribution is -2.28. The van der Waals surface area contributed by atoms with Gasteiger partial charge in [0.1, 0.15) is 5.82 Å². The summed E-state index contributed by atoms with van der Waals surface area (Å²) < 4.78 is 38.9. The number of amides is 1. The minimum atomic E-state index is -3.72. The fourth-order valence-electron chi connectivity index (χ4n) is 2.52. The van der Waals surface area contributed by atoms with Gasteiger partial charge < -0.3 is 5.32 Å². The Labute approximate surface area is 166 Å². The highest BCUT2D eigenvalue weighted by molar-refractivity contribution is 7.89. The number of anilines is 1. The molecule has 148 valence electrons. The number of carbonyl (C=O) groups excluding carboxylic acids is 1. The molecule has 0 saturated carbocycles. The fourth-order valence-corrected chi connectivity index (χ4v) is 4.42. The number of benzene rings is 1. The molecule has 3 aromatic rings. The first-order valence-electron chi connectivity index (χ1n) is 8.47. The summed E-state index contributed by atoms with van der Waals surface area (Å²) in [4.78, 5) is 13.1. The lowest BCUT2D eigenvalue weighted by atomic mass is 10.3. The predicted molar refractivity (Wildman–Crippen MR) is 106 cm³/mol.